The van der Waals surface area contributed by atoms with Crippen molar-refractivity contribution in [2.45, 2.75) is 39.7 Å². The second-order valence-corrected chi connectivity index (χ2v) is 8.32. The van der Waals surface area contributed by atoms with Crippen molar-refractivity contribution < 1.29 is 4.79 Å². The number of aromatic nitrogens is 2. The number of hydrogen-bond acceptors (Lipinski definition) is 5. The molecule has 3 aromatic rings. The number of carbonyl (C=O) groups excluding carboxylic acids is 1. The molecular weight excluding hydrogens is 372 g/mol. The Balaban J connectivity index is 1.49. The fraction of sp³-hybridized carbons (Fsp3) is 0.381. The highest BCUT2D eigenvalue weighted by Crippen LogP contribution is 2.25. The van der Waals surface area contributed by atoms with Crippen LogP contribution < -0.4 is 15.8 Å². The van der Waals surface area contributed by atoms with Crippen molar-refractivity contribution in [1.82, 2.24) is 9.55 Å². The molecule has 0 aliphatic carbocycles. The number of amides is 1. The van der Waals surface area contributed by atoms with Gasteiger partial charge in [-0.1, -0.05) is 6.92 Å². The van der Waals surface area contributed by atoms with E-state index in [2.05, 4.69) is 21.3 Å². The van der Waals surface area contributed by atoms with E-state index < -0.39 is 0 Å². The van der Waals surface area contributed by atoms with Gasteiger partial charge < -0.3 is 10.2 Å². The van der Waals surface area contributed by atoms with Crippen LogP contribution in [-0.2, 0) is 17.8 Å². The second kappa shape index (κ2) is 7.75. The fourth-order valence-corrected chi connectivity index (χ4v) is 4.53. The quantitative estimate of drug-likeness (QED) is 0.716. The minimum absolute atomic E-state index is 0.0492. The number of benzene rings is 1. The second-order valence-electron chi connectivity index (χ2n) is 7.20. The zero-order chi connectivity index (χ0) is 19.7. The van der Waals surface area contributed by atoms with Gasteiger partial charge in [0.05, 0.1) is 11.7 Å². The average molecular weight is 397 g/mol. The van der Waals surface area contributed by atoms with Gasteiger partial charge in [-0.2, -0.15) is 0 Å². The van der Waals surface area contributed by atoms with E-state index >= 15 is 0 Å². The number of aryl methyl sites for hydroxylation is 2. The first-order chi connectivity index (χ1) is 13.5. The molecule has 28 heavy (non-hydrogen) atoms. The molecule has 3 heterocycles. The minimum Gasteiger partial charge on any atom is -0.372 e. The highest BCUT2D eigenvalue weighted by Gasteiger charge is 2.15. The molecule has 1 aromatic carbocycles. The van der Waals surface area contributed by atoms with Crippen molar-refractivity contribution >= 4 is 38.8 Å². The molecule has 1 N–H and O–H groups in total. The average Bonchev–Trinajstić information content (AvgIpc) is 3.35. The number of fused-ring (bicyclic) bond motifs is 1. The summed E-state index contributed by atoms with van der Waals surface area (Å²) >= 11 is 1.53. The van der Waals surface area contributed by atoms with E-state index in [0.29, 0.717) is 5.39 Å². The Morgan fingerprint density at radius 1 is 1.25 bits per heavy atom. The third-order valence-electron chi connectivity index (χ3n) is 5.19. The lowest BCUT2D eigenvalue weighted by Gasteiger charge is -2.19. The van der Waals surface area contributed by atoms with Gasteiger partial charge in [-0.15, -0.1) is 11.3 Å². The van der Waals surface area contributed by atoms with Gasteiger partial charge in [0.1, 0.15) is 11.4 Å². The summed E-state index contributed by atoms with van der Waals surface area (Å²) in [7, 11) is 0. The first kappa shape index (κ1) is 18.7. The van der Waals surface area contributed by atoms with E-state index in [1.54, 1.807) is 0 Å². The van der Waals surface area contributed by atoms with E-state index in [9.17, 15) is 9.59 Å². The molecule has 1 amide bonds. The highest BCUT2D eigenvalue weighted by molar-refractivity contribution is 7.18. The Morgan fingerprint density at radius 2 is 2.04 bits per heavy atom. The molecule has 0 unspecified atom stereocenters. The maximum absolute atomic E-state index is 12.6. The molecule has 1 saturated heterocycles. The predicted molar refractivity (Wildman–Crippen MR) is 115 cm³/mol. The summed E-state index contributed by atoms with van der Waals surface area (Å²) < 4.78 is 1.37. The van der Waals surface area contributed by atoms with Gasteiger partial charge in [0.15, 0.2) is 0 Å². The van der Waals surface area contributed by atoms with Crippen LogP contribution in [0.5, 0.6) is 0 Å². The monoisotopic (exact) mass is 396 g/mol. The fourth-order valence-electron chi connectivity index (χ4n) is 3.60. The minimum atomic E-state index is -0.230. The van der Waals surface area contributed by atoms with Crippen LogP contribution in [-0.4, -0.2) is 28.5 Å². The van der Waals surface area contributed by atoms with Crippen molar-refractivity contribution in [3.63, 3.8) is 0 Å². The van der Waals surface area contributed by atoms with Crippen molar-refractivity contribution in [1.29, 1.82) is 0 Å². The smallest absolute Gasteiger partial charge is 0.262 e. The molecule has 146 valence electrons. The summed E-state index contributed by atoms with van der Waals surface area (Å²) in [5, 5.41) is 3.51. The van der Waals surface area contributed by atoms with Gasteiger partial charge in [-0.25, -0.2) is 4.98 Å². The third-order valence-corrected chi connectivity index (χ3v) is 6.37. The van der Waals surface area contributed by atoms with Crippen LogP contribution in [0, 0.1) is 6.92 Å². The third kappa shape index (κ3) is 3.67. The SMILES string of the molecule is CCc1cc2c(=O)n(CC(=O)Nc3ccc(N4CCCC4)cc3C)cnc2s1. The lowest BCUT2D eigenvalue weighted by atomic mass is 10.1. The molecule has 6 nitrogen and oxygen atoms in total. The number of anilines is 2. The zero-order valence-corrected chi connectivity index (χ0v) is 17.0. The number of rotatable bonds is 5. The maximum Gasteiger partial charge on any atom is 0.262 e. The molecule has 4 rings (SSSR count). The van der Waals surface area contributed by atoms with Crippen LogP contribution in [0.25, 0.3) is 10.2 Å². The Labute approximate surface area is 167 Å². The van der Waals surface area contributed by atoms with Gasteiger partial charge in [-0.05, 0) is 56.0 Å². The van der Waals surface area contributed by atoms with E-state index in [0.717, 1.165) is 40.5 Å². The maximum atomic E-state index is 12.6. The van der Waals surface area contributed by atoms with Gasteiger partial charge in [-0.3, -0.25) is 14.2 Å². The lowest BCUT2D eigenvalue weighted by Crippen LogP contribution is -2.27. The molecule has 1 aliphatic heterocycles. The summed E-state index contributed by atoms with van der Waals surface area (Å²) in [6.07, 6.45) is 4.79. The van der Waals surface area contributed by atoms with E-state index in [4.69, 9.17) is 0 Å². The topological polar surface area (TPSA) is 67.2 Å². The summed E-state index contributed by atoms with van der Waals surface area (Å²) in [6.45, 7) is 6.17. The van der Waals surface area contributed by atoms with Crippen LogP contribution in [0.2, 0.25) is 0 Å². The molecule has 0 bridgehead atoms. The molecule has 0 radical (unpaired) electrons. The molecule has 1 aliphatic rings. The van der Waals surface area contributed by atoms with Crippen molar-refractivity contribution in [2.75, 3.05) is 23.3 Å². The first-order valence-electron chi connectivity index (χ1n) is 9.68. The van der Waals surface area contributed by atoms with E-state index in [1.807, 2.05) is 32.0 Å². The van der Waals surface area contributed by atoms with Gasteiger partial charge >= 0.3 is 0 Å². The normalized spacial score (nSPS) is 14.0. The molecule has 0 atom stereocenters. The van der Waals surface area contributed by atoms with Crippen LogP contribution in [0.3, 0.4) is 0 Å². The van der Waals surface area contributed by atoms with Crippen LogP contribution in [0.4, 0.5) is 11.4 Å². The van der Waals surface area contributed by atoms with E-state index in [-0.39, 0.29) is 18.0 Å². The largest absolute Gasteiger partial charge is 0.372 e. The summed E-state index contributed by atoms with van der Waals surface area (Å²) in [5.41, 5.74) is 2.82. The Morgan fingerprint density at radius 3 is 2.75 bits per heavy atom. The van der Waals surface area contributed by atoms with Crippen LogP contribution in [0.15, 0.2) is 35.4 Å². The van der Waals surface area contributed by atoms with E-state index in [1.165, 1.54) is 40.8 Å². The van der Waals surface area contributed by atoms with Crippen LogP contribution in [0.1, 0.15) is 30.2 Å². The van der Waals surface area contributed by atoms with Crippen molar-refractivity contribution in [3.05, 3.63) is 51.4 Å². The van der Waals surface area contributed by atoms with Crippen LogP contribution >= 0.6 is 11.3 Å². The molecule has 1 fully saturated rings. The van der Waals surface area contributed by atoms with Gasteiger partial charge in [0, 0.05) is 29.3 Å². The molecular formula is C21H24N4O2S. The molecule has 0 saturated carbocycles. The van der Waals surface area contributed by atoms with Crippen molar-refractivity contribution in [2.24, 2.45) is 0 Å². The van der Waals surface area contributed by atoms with Gasteiger partial charge in [0.25, 0.3) is 5.56 Å². The Hall–Kier alpha value is -2.67. The number of hydrogen-bond donors (Lipinski definition) is 1. The van der Waals surface area contributed by atoms with Gasteiger partial charge in [0.2, 0.25) is 5.91 Å². The number of thiophene rings is 1. The number of nitrogens with zero attached hydrogens (tertiary/aromatic N) is 3. The predicted octanol–water partition coefficient (Wildman–Crippen LogP) is 3.57. The lowest BCUT2D eigenvalue weighted by molar-refractivity contribution is -0.116. The number of nitrogens with one attached hydrogen (secondary N) is 1. The standard InChI is InChI=1S/C21H24N4O2S/c1-3-16-11-17-20(28-16)22-13-25(21(17)27)12-19(26)23-18-7-6-15(10-14(18)2)24-8-4-5-9-24/h6-7,10-11,13H,3-5,8-9,12H2,1-2H3,(H,23,26). The highest BCUT2D eigenvalue weighted by atomic mass is 32.1. The number of carbonyl (C=O) groups is 1. The first-order valence-corrected chi connectivity index (χ1v) is 10.5. The summed E-state index contributed by atoms with van der Waals surface area (Å²) in [5.74, 6) is -0.230. The Kier molecular flexibility index (Phi) is 5.17. The summed E-state index contributed by atoms with van der Waals surface area (Å²) in [4.78, 5) is 33.7. The molecule has 0 spiro atoms. The zero-order valence-electron chi connectivity index (χ0n) is 16.2. The molecule has 2 aromatic heterocycles. The summed E-state index contributed by atoms with van der Waals surface area (Å²) in [6, 6.07) is 7.98. The van der Waals surface area contributed by atoms with Crippen molar-refractivity contribution in [3.8, 4) is 0 Å². The molecule has 7 heteroatoms. The Bertz CT molecular complexity index is 1080.